The summed E-state index contributed by atoms with van der Waals surface area (Å²) in [4.78, 5) is 23.0. The maximum Gasteiger partial charge on any atom is 0.426 e. The van der Waals surface area contributed by atoms with E-state index < -0.39 is 18.1 Å². The lowest BCUT2D eigenvalue weighted by atomic mass is 10.3. The van der Waals surface area contributed by atoms with Gasteiger partial charge in [-0.15, -0.1) is 0 Å². The van der Waals surface area contributed by atoms with E-state index in [9.17, 15) is 9.59 Å². The highest BCUT2D eigenvalue weighted by atomic mass is 127. The minimum absolute atomic E-state index is 0.204. The normalized spacial score (nSPS) is 11.3. The average molecular weight is 505 g/mol. The Balaban J connectivity index is 1.89. The van der Waals surface area contributed by atoms with E-state index >= 15 is 0 Å². The maximum atomic E-state index is 11.9. The van der Waals surface area contributed by atoms with Crippen LogP contribution in [0, 0.1) is 3.57 Å². The van der Waals surface area contributed by atoms with Crippen LogP contribution < -0.4 is 20.3 Å². The van der Waals surface area contributed by atoms with Crippen LogP contribution in [0.3, 0.4) is 0 Å². The summed E-state index contributed by atoms with van der Waals surface area (Å²) in [6.45, 7) is 3.42. The molecule has 2 aromatic rings. The van der Waals surface area contributed by atoms with Gasteiger partial charge in [-0.3, -0.25) is 10.2 Å². The molecule has 0 radical (unpaired) electrons. The summed E-state index contributed by atoms with van der Waals surface area (Å²) in [5.74, 6) is 1.07. The van der Waals surface area contributed by atoms with Crippen LogP contribution in [-0.4, -0.2) is 24.7 Å². The summed E-state index contributed by atoms with van der Waals surface area (Å²) in [7, 11) is 0. The first-order valence-electron chi connectivity index (χ1n) is 8.01. The van der Waals surface area contributed by atoms with E-state index in [1.807, 2.05) is 6.07 Å². The van der Waals surface area contributed by atoms with Crippen molar-refractivity contribution in [2.45, 2.75) is 20.0 Å². The number of nitrogens with one attached hydrogen (secondary N) is 2. The highest BCUT2D eigenvalue weighted by Gasteiger charge is 2.15. The second-order valence-corrected chi connectivity index (χ2v) is 6.90. The van der Waals surface area contributed by atoms with Crippen LogP contribution in [0.4, 0.5) is 4.79 Å². The number of carbonyl (C=O) groups is 2. The quantitative estimate of drug-likeness (QED) is 0.453. The van der Waals surface area contributed by atoms with Gasteiger partial charge in [0.25, 0.3) is 5.91 Å². The molecule has 0 heterocycles. The third-order valence-corrected chi connectivity index (χ3v) is 4.16. The Morgan fingerprint density at radius 1 is 1.11 bits per heavy atom. The van der Waals surface area contributed by atoms with Gasteiger partial charge in [-0.25, -0.2) is 10.2 Å². The van der Waals surface area contributed by atoms with Crippen LogP contribution in [0.5, 0.6) is 17.2 Å². The van der Waals surface area contributed by atoms with Gasteiger partial charge in [0, 0.05) is 3.57 Å². The molecule has 2 N–H and O–H groups in total. The molecule has 0 spiro atoms. The van der Waals surface area contributed by atoms with Crippen molar-refractivity contribution in [1.29, 1.82) is 0 Å². The van der Waals surface area contributed by atoms with Gasteiger partial charge in [0.2, 0.25) is 0 Å². The van der Waals surface area contributed by atoms with Gasteiger partial charge in [-0.1, -0.05) is 11.6 Å². The largest absolute Gasteiger partial charge is 0.481 e. The van der Waals surface area contributed by atoms with Crippen molar-refractivity contribution in [3.8, 4) is 17.2 Å². The fourth-order valence-corrected chi connectivity index (χ4v) is 2.80. The van der Waals surface area contributed by atoms with Crippen molar-refractivity contribution in [1.82, 2.24) is 10.9 Å². The predicted molar refractivity (Wildman–Crippen MR) is 109 cm³/mol. The van der Waals surface area contributed by atoms with Gasteiger partial charge < -0.3 is 14.2 Å². The number of hydrazine groups is 1. The molecule has 27 heavy (non-hydrogen) atoms. The molecule has 2 aromatic carbocycles. The fraction of sp³-hybridized carbons (Fsp3) is 0.222. The molecule has 0 aliphatic rings. The molecule has 0 aliphatic carbocycles. The van der Waals surface area contributed by atoms with Crippen LogP contribution in [-0.2, 0) is 9.53 Å². The predicted octanol–water partition coefficient (Wildman–Crippen LogP) is 4.28. The van der Waals surface area contributed by atoms with Crippen molar-refractivity contribution < 1.29 is 23.8 Å². The lowest BCUT2D eigenvalue weighted by Crippen LogP contribution is -2.47. The van der Waals surface area contributed by atoms with E-state index in [1.165, 1.54) is 0 Å². The summed E-state index contributed by atoms with van der Waals surface area (Å²) < 4.78 is 16.9. The molecule has 7 nitrogen and oxygen atoms in total. The van der Waals surface area contributed by atoms with Gasteiger partial charge in [0.05, 0.1) is 11.6 Å². The van der Waals surface area contributed by atoms with Crippen molar-refractivity contribution in [3.63, 3.8) is 0 Å². The molecule has 0 bridgehead atoms. The van der Waals surface area contributed by atoms with Crippen molar-refractivity contribution in [3.05, 3.63) is 51.1 Å². The molecule has 0 aromatic heterocycles. The average Bonchev–Trinajstić information content (AvgIpc) is 2.63. The Kier molecular flexibility index (Phi) is 7.99. The maximum absolute atomic E-state index is 11.9. The number of halogens is 2. The zero-order valence-electron chi connectivity index (χ0n) is 14.6. The first kappa shape index (κ1) is 21.1. The van der Waals surface area contributed by atoms with Gasteiger partial charge in [0.1, 0.15) is 17.2 Å². The minimum atomic E-state index is -0.829. The van der Waals surface area contributed by atoms with Crippen LogP contribution >= 0.6 is 34.2 Å². The van der Waals surface area contributed by atoms with E-state index in [1.54, 1.807) is 50.2 Å². The summed E-state index contributed by atoms with van der Waals surface area (Å²) in [6.07, 6.45) is -1.57. The smallest absolute Gasteiger partial charge is 0.426 e. The second kappa shape index (κ2) is 10.2. The summed E-state index contributed by atoms with van der Waals surface area (Å²) in [5, 5.41) is 0.515. The Bertz CT molecular complexity index is 801. The third kappa shape index (κ3) is 6.79. The van der Waals surface area contributed by atoms with Crippen LogP contribution in [0.15, 0.2) is 42.5 Å². The molecule has 2 amide bonds. The molecule has 0 aliphatic heterocycles. The zero-order chi connectivity index (χ0) is 19.8. The van der Waals surface area contributed by atoms with Crippen LogP contribution in [0.1, 0.15) is 13.8 Å². The van der Waals surface area contributed by atoms with Crippen molar-refractivity contribution in [2.24, 2.45) is 0 Å². The lowest BCUT2D eigenvalue weighted by Gasteiger charge is -2.15. The molecule has 0 saturated carbocycles. The van der Waals surface area contributed by atoms with E-state index in [0.717, 1.165) is 3.57 Å². The summed E-state index contributed by atoms with van der Waals surface area (Å²) in [6, 6.07) is 12.2. The Morgan fingerprint density at radius 2 is 1.78 bits per heavy atom. The fourth-order valence-electron chi connectivity index (χ4n) is 1.91. The zero-order valence-corrected chi connectivity index (χ0v) is 17.5. The molecule has 0 saturated heterocycles. The molecule has 144 valence electrons. The molecular formula is C18H18ClIN2O5. The van der Waals surface area contributed by atoms with E-state index in [0.29, 0.717) is 22.3 Å². The third-order valence-electron chi connectivity index (χ3n) is 3.19. The van der Waals surface area contributed by atoms with Gasteiger partial charge >= 0.3 is 6.09 Å². The number of hydrogen-bond donors (Lipinski definition) is 2. The Hall–Kier alpha value is -2.20. The monoisotopic (exact) mass is 504 g/mol. The van der Waals surface area contributed by atoms with Crippen molar-refractivity contribution in [2.75, 3.05) is 6.61 Å². The molecule has 2 rings (SSSR count). The molecule has 9 heteroatoms. The standard InChI is InChI=1S/C18H18ClIN2O5/c1-3-25-18(24)22-21-17(23)11(2)26-13-5-7-14(8-6-13)27-16-9-4-12(20)10-15(16)19/h4-11H,3H2,1-2H3,(H,21,23)(H,22,24). The second-order valence-electron chi connectivity index (χ2n) is 5.24. The molecule has 0 fully saturated rings. The SMILES string of the molecule is CCOC(=O)NNC(=O)C(C)Oc1ccc(Oc2ccc(I)cc2Cl)cc1. The number of ether oxygens (including phenoxy) is 3. The highest BCUT2D eigenvalue weighted by molar-refractivity contribution is 14.1. The molecular weight excluding hydrogens is 487 g/mol. The molecule has 1 atom stereocenters. The first-order valence-corrected chi connectivity index (χ1v) is 9.47. The topological polar surface area (TPSA) is 85.9 Å². The number of amides is 2. The van der Waals surface area contributed by atoms with Gasteiger partial charge in [-0.05, 0) is 78.9 Å². The minimum Gasteiger partial charge on any atom is -0.481 e. The van der Waals surface area contributed by atoms with Crippen LogP contribution in [0.25, 0.3) is 0 Å². The number of rotatable bonds is 6. The lowest BCUT2D eigenvalue weighted by molar-refractivity contribution is -0.128. The first-order chi connectivity index (χ1) is 12.9. The number of hydrogen-bond acceptors (Lipinski definition) is 5. The van der Waals surface area contributed by atoms with Gasteiger partial charge in [0.15, 0.2) is 6.10 Å². The Labute approximate surface area is 175 Å². The van der Waals surface area contributed by atoms with Crippen LogP contribution in [0.2, 0.25) is 5.02 Å². The summed E-state index contributed by atoms with van der Waals surface area (Å²) >= 11 is 8.32. The number of benzene rings is 2. The van der Waals surface area contributed by atoms with Crippen molar-refractivity contribution >= 4 is 46.2 Å². The molecule has 1 unspecified atom stereocenters. The van der Waals surface area contributed by atoms with E-state index in [2.05, 4.69) is 38.2 Å². The van der Waals surface area contributed by atoms with E-state index in [-0.39, 0.29) is 6.61 Å². The summed E-state index contributed by atoms with van der Waals surface area (Å²) in [5.41, 5.74) is 4.34. The van der Waals surface area contributed by atoms with E-state index in [4.69, 9.17) is 21.1 Å². The number of carbonyl (C=O) groups excluding carboxylic acids is 2. The van der Waals surface area contributed by atoms with Gasteiger partial charge in [-0.2, -0.15) is 0 Å². The highest BCUT2D eigenvalue weighted by Crippen LogP contribution is 2.31. The Morgan fingerprint density at radius 3 is 2.41 bits per heavy atom.